The standard InChI is InChI=1S/C25H22N4O4/c1-16-6-7-17(24(30)29-21-14-18(31-2)8-9-22(21)32-3)13-23(16)33-25-19(5-4-11-27-25)20-10-12-26-15-28-20/h4-15H,1-3H3,(H,29,30). The Labute approximate surface area is 191 Å². The van der Waals surface area contributed by atoms with Gasteiger partial charge in [-0.15, -0.1) is 0 Å². The van der Waals surface area contributed by atoms with E-state index in [9.17, 15) is 4.79 Å². The summed E-state index contributed by atoms with van der Waals surface area (Å²) in [6, 6.07) is 15.9. The second kappa shape index (κ2) is 9.78. The van der Waals surface area contributed by atoms with Crippen molar-refractivity contribution in [3.8, 4) is 34.4 Å². The van der Waals surface area contributed by atoms with E-state index in [2.05, 4.69) is 20.3 Å². The number of hydrogen-bond acceptors (Lipinski definition) is 7. The van der Waals surface area contributed by atoms with Gasteiger partial charge in [0.2, 0.25) is 5.88 Å². The lowest BCUT2D eigenvalue weighted by Gasteiger charge is -2.14. The van der Waals surface area contributed by atoms with Gasteiger partial charge in [0.15, 0.2) is 0 Å². The van der Waals surface area contributed by atoms with Gasteiger partial charge in [-0.2, -0.15) is 0 Å². The zero-order chi connectivity index (χ0) is 23.2. The van der Waals surface area contributed by atoms with Crippen molar-refractivity contribution < 1.29 is 19.0 Å². The molecule has 0 fully saturated rings. The van der Waals surface area contributed by atoms with Gasteiger partial charge in [0.05, 0.1) is 31.2 Å². The van der Waals surface area contributed by atoms with E-state index in [4.69, 9.17) is 14.2 Å². The zero-order valence-corrected chi connectivity index (χ0v) is 18.4. The lowest BCUT2D eigenvalue weighted by molar-refractivity contribution is 0.102. The molecule has 33 heavy (non-hydrogen) atoms. The summed E-state index contributed by atoms with van der Waals surface area (Å²) in [5.41, 5.74) is 3.17. The Bertz CT molecular complexity index is 1280. The van der Waals surface area contributed by atoms with E-state index in [1.54, 1.807) is 55.9 Å². The Morgan fingerprint density at radius 2 is 1.79 bits per heavy atom. The number of ether oxygens (including phenoxy) is 3. The molecule has 2 aromatic carbocycles. The van der Waals surface area contributed by atoms with Crippen molar-refractivity contribution in [2.75, 3.05) is 19.5 Å². The minimum atomic E-state index is -0.316. The molecule has 4 rings (SSSR count). The van der Waals surface area contributed by atoms with E-state index in [0.29, 0.717) is 40.1 Å². The predicted molar refractivity (Wildman–Crippen MR) is 124 cm³/mol. The van der Waals surface area contributed by atoms with Gasteiger partial charge in [-0.05, 0) is 55.0 Å². The number of benzene rings is 2. The first kappa shape index (κ1) is 21.8. The predicted octanol–water partition coefficient (Wildman–Crippen LogP) is 4.91. The summed E-state index contributed by atoms with van der Waals surface area (Å²) in [5, 5.41) is 2.87. The largest absolute Gasteiger partial charge is 0.497 e. The minimum absolute atomic E-state index is 0.316. The number of anilines is 1. The van der Waals surface area contributed by atoms with Gasteiger partial charge in [-0.1, -0.05) is 6.07 Å². The Kier molecular flexibility index (Phi) is 6.45. The van der Waals surface area contributed by atoms with Gasteiger partial charge in [-0.3, -0.25) is 4.79 Å². The van der Waals surface area contributed by atoms with Crippen LogP contribution in [0.4, 0.5) is 5.69 Å². The maximum absolute atomic E-state index is 13.0. The third kappa shape index (κ3) is 4.90. The van der Waals surface area contributed by atoms with Gasteiger partial charge in [-0.25, -0.2) is 15.0 Å². The fourth-order valence-electron chi connectivity index (χ4n) is 3.18. The molecular formula is C25H22N4O4. The number of aromatic nitrogens is 3. The van der Waals surface area contributed by atoms with Gasteiger partial charge >= 0.3 is 0 Å². The molecule has 1 amide bonds. The summed E-state index contributed by atoms with van der Waals surface area (Å²) in [5.74, 6) is 1.70. The van der Waals surface area contributed by atoms with Gasteiger partial charge < -0.3 is 19.5 Å². The number of hydrogen-bond donors (Lipinski definition) is 1. The number of nitrogens with zero attached hydrogens (tertiary/aromatic N) is 3. The van der Waals surface area contributed by atoms with Crippen LogP contribution in [0.2, 0.25) is 0 Å². The van der Waals surface area contributed by atoms with Crippen molar-refractivity contribution in [2.24, 2.45) is 0 Å². The molecule has 0 atom stereocenters. The number of carbonyl (C=O) groups excluding carboxylic acids is 1. The average Bonchev–Trinajstić information content (AvgIpc) is 2.86. The summed E-state index contributed by atoms with van der Waals surface area (Å²) in [6.07, 6.45) is 4.76. The normalized spacial score (nSPS) is 10.4. The molecule has 0 radical (unpaired) electrons. The molecule has 4 aromatic rings. The molecule has 0 aliphatic heterocycles. The molecule has 8 nitrogen and oxygen atoms in total. The summed E-state index contributed by atoms with van der Waals surface area (Å²) in [6.45, 7) is 1.90. The smallest absolute Gasteiger partial charge is 0.255 e. The highest BCUT2D eigenvalue weighted by Crippen LogP contribution is 2.33. The molecule has 0 aliphatic carbocycles. The van der Waals surface area contributed by atoms with E-state index in [1.807, 2.05) is 25.1 Å². The molecular weight excluding hydrogens is 420 g/mol. The number of rotatable bonds is 7. The monoisotopic (exact) mass is 442 g/mol. The SMILES string of the molecule is COc1ccc(OC)c(NC(=O)c2ccc(C)c(Oc3ncccc3-c3ccncn3)c2)c1. The minimum Gasteiger partial charge on any atom is -0.497 e. The van der Waals surface area contributed by atoms with Crippen LogP contribution in [0.15, 0.2) is 73.3 Å². The molecule has 2 aromatic heterocycles. The first-order chi connectivity index (χ1) is 16.1. The molecule has 2 heterocycles. The summed E-state index contributed by atoms with van der Waals surface area (Å²) in [4.78, 5) is 25.6. The third-order valence-electron chi connectivity index (χ3n) is 4.94. The lowest BCUT2D eigenvalue weighted by atomic mass is 10.1. The second-order valence-electron chi connectivity index (χ2n) is 7.05. The summed E-state index contributed by atoms with van der Waals surface area (Å²) in [7, 11) is 3.10. The second-order valence-corrected chi connectivity index (χ2v) is 7.05. The fourth-order valence-corrected chi connectivity index (χ4v) is 3.18. The number of nitrogens with one attached hydrogen (secondary N) is 1. The van der Waals surface area contributed by atoms with E-state index in [1.165, 1.54) is 13.4 Å². The number of amides is 1. The molecule has 0 spiro atoms. The van der Waals surface area contributed by atoms with Crippen LogP contribution < -0.4 is 19.5 Å². The van der Waals surface area contributed by atoms with Crippen LogP contribution in [-0.2, 0) is 0 Å². The molecule has 8 heteroatoms. The molecule has 0 bridgehead atoms. The van der Waals surface area contributed by atoms with Gasteiger partial charge in [0.25, 0.3) is 5.91 Å². The highest BCUT2D eigenvalue weighted by Gasteiger charge is 2.15. The fraction of sp³-hybridized carbons (Fsp3) is 0.120. The Morgan fingerprint density at radius 1 is 0.909 bits per heavy atom. The van der Waals surface area contributed by atoms with Gasteiger partial charge in [0.1, 0.15) is 23.6 Å². The van der Waals surface area contributed by atoms with Crippen molar-refractivity contribution in [3.63, 3.8) is 0 Å². The average molecular weight is 442 g/mol. The number of pyridine rings is 1. The first-order valence-electron chi connectivity index (χ1n) is 10.1. The molecule has 166 valence electrons. The van der Waals surface area contributed by atoms with Crippen molar-refractivity contribution in [1.29, 1.82) is 0 Å². The quantitative estimate of drug-likeness (QED) is 0.434. The topological polar surface area (TPSA) is 95.5 Å². The lowest BCUT2D eigenvalue weighted by Crippen LogP contribution is -2.13. The molecule has 0 saturated carbocycles. The number of methoxy groups -OCH3 is 2. The third-order valence-corrected chi connectivity index (χ3v) is 4.94. The first-order valence-corrected chi connectivity index (χ1v) is 10.1. The summed E-state index contributed by atoms with van der Waals surface area (Å²) < 4.78 is 16.7. The molecule has 0 unspecified atom stereocenters. The van der Waals surface area contributed by atoms with E-state index in [0.717, 1.165) is 11.1 Å². The maximum atomic E-state index is 13.0. The van der Waals surface area contributed by atoms with Crippen LogP contribution >= 0.6 is 0 Å². The summed E-state index contributed by atoms with van der Waals surface area (Å²) >= 11 is 0. The van der Waals surface area contributed by atoms with Crippen LogP contribution in [-0.4, -0.2) is 35.1 Å². The zero-order valence-electron chi connectivity index (χ0n) is 18.4. The van der Waals surface area contributed by atoms with Crippen LogP contribution in [0, 0.1) is 6.92 Å². The van der Waals surface area contributed by atoms with Crippen molar-refractivity contribution in [1.82, 2.24) is 15.0 Å². The molecule has 0 aliphatic rings. The molecule has 0 saturated heterocycles. The van der Waals surface area contributed by atoms with Crippen LogP contribution in [0.25, 0.3) is 11.3 Å². The highest BCUT2D eigenvalue weighted by atomic mass is 16.5. The van der Waals surface area contributed by atoms with Gasteiger partial charge in [0, 0.05) is 24.0 Å². The maximum Gasteiger partial charge on any atom is 0.255 e. The van der Waals surface area contributed by atoms with Crippen LogP contribution in [0.5, 0.6) is 23.1 Å². The Hall–Kier alpha value is -4.46. The number of aryl methyl sites for hydroxylation is 1. The van der Waals surface area contributed by atoms with Crippen molar-refractivity contribution in [3.05, 3.63) is 84.4 Å². The molecule has 1 N–H and O–H groups in total. The van der Waals surface area contributed by atoms with E-state index >= 15 is 0 Å². The Balaban J connectivity index is 1.62. The van der Waals surface area contributed by atoms with E-state index in [-0.39, 0.29) is 5.91 Å². The van der Waals surface area contributed by atoms with Crippen LogP contribution in [0.3, 0.4) is 0 Å². The van der Waals surface area contributed by atoms with Crippen LogP contribution in [0.1, 0.15) is 15.9 Å². The Morgan fingerprint density at radius 3 is 2.55 bits per heavy atom. The highest BCUT2D eigenvalue weighted by molar-refractivity contribution is 6.05. The van der Waals surface area contributed by atoms with E-state index < -0.39 is 0 Å². The van der Waals surface area contributed by atoms with Crippen molar-refractivity contribution >= 4 is 11.6 Å². The number of carbonyl (C=O) groups is 1. The van der Waals surface area contributed by atoms with Crippen molar-refractivity contribution in [2.45, 2.75) is 6.92 Å².